The van der Waals surface area contributed by atoms with Crippen LogP contribution in [0, 0.1) is 0 Å². The van der Waals surface area contributed by atoms with Gasteiger partial charge < -0.3 is 20.0 Å². The Kier molecular flexibility index (Phi) is 8.47. The summed E-state index contributed by atoms with van der Waals surface area (Å²) in [6.45, 7) is 1.60. The Bertz CT molecular complexity index is 426. The van der Waals surface area contributed by atoms with Gasteiger partial charge in [-0.1, -0.05) is 18.2 Å². The van der Waals surface area contributed by atoms with Gasteiger partial charge in [0.15, 0.2) is 0 Å². The molecule has 0 saturated heterocycles. The minimum atomic E-state index is -1.21. The molecule has 1 N–H and O–H groups in total. The smallest absolute Gasteiger partial charge is 0.548 e. The topological polar surface area (TPSA) is 78.5 Å². The molecule has 1 aliphatic rings. The van der Waals surface area contributed by atoms with Crippen molar-refractivity contribution in [1.29, 1.82) is 0 Å². The van der Waals surface area contributed by atoms with Gasteiger partial charge in [-0.3, -0.25) is 0 Å². The van der Waals surface area contributed by atoms with E-state index in [0.717, 1.165) is 5.57 Å². The van der Waals surface area contributed by atoms with Gasteiger partial charge in [0.25, 0.3) is 0 Å². The van der Waals surface area contributed by atoms with Gasteiger partial charge in [-0.05, 0) is 25.3 Å². The number of rotatable bonds is 5. The SMILES string of the molecule is COC(=O)C=C(C)N[C@@H](C(=O)[O-])C1=CCC=CC1.[Na+]. The van der Waals surface area contributed by atoms with Crippen LogP contribution in [-0.2, 0) is 14.3 Å². The van der Waals surface area contributed by atoms with Crippen LogP contribution in [0.2, 0.25) is 0 Å². The number of hydrogen-bond donors (Lipinski definition) is 1. The van der Waals surface area contributed by atoms with Gasteiger partial charge in [-0.15, -0.1) is 0 Å². The number of methoxy groups -OCH3 is 1. The van der Waals surface area contributed by atoms with Crippen LogP contribution >= 0.6 is 0 Å². The van der Waals surface area contributed by atoms with E-state index in [4.69, 9.17) is 0 Å². The first-order chi connectivity index (χ1) is 8.54. The molecule has 0 aromatic heterocycles. The summed E-state index contributed by atoms with van der Waals surface area (Å²) in [4.78, 5) is 22.1. The fourth-order valence-corrected chi connectivity index (χ4v) is 1.66. The molecule has 0 bridgehead atoms. The first-order valence-corrected chi connectivity index (χ1v) is 5.62. The van der Waals surface area contributed by atoms with Crippen molar-refractivity contribution in [3.63, 3.8) is 0 Å². The van der Waals surface area contributed by atoms with Crippen LogP contribution in [0.1, 0.15) is 19.8 Å². The van der Waals surface area contributed by atoms with E-state index in [-0.39, 0.29) is 29.6 Å². The third-order valence-corrected chi connectivity index (χ3v) is 2.55. The maximum absolute atomic E-state index is 11.1. The molecule has 0 saturated carbocycles. The fourth-order valence-electron chi connectivity index (χ4n) is 1.66. The third kappa shape index (κ3) is 6.09. The first kappa shape index (κ1) is 18.0. The monoisotopic (exact) mass is 273 g/mol. The summed E-state index contributed by atoms with van der Waals surface area (Å²) in [5.74, 6) is -1.75. The van der Waals surface area contributed by atoms with Crippen LogP contribution in [0.25, 0.3) is 0 Å². The number of esters is 1. The number of carboxylic acid groups (broad SMARTS) is 1. The molecular formula is C13H16NNaO4. The Balaban J connectivity index is 0.00000324. The molecule has 98 valence electrons. The zero-order valence-electron chi connectivity index (χ0n) is 11.4. The van der Waals surface area contributed by atoms with Crippen LogP contribution in [0.4, 0.5) is 0 Å². The molecule has 1 aliphatic carbocycles. The van der Waals surface area contributed by atoms with Crippen molar-refractivity contribution >= 4 is 11.9 Å². The predicted molar refractivity (Wildman–Crippen MR) is 64.2 cm³/mol. The summed E-state index contributed by atoms with van der Waals surface area (Å²) in [5.41, 5.74) is 1.15. The maximum atomic E-state index is 11.1. The number of carbonyl (C=O) groups excluding carboxylic acids is 2. The van der Waals surface area contributed by atoms with E-state index in [2.05, 4.69) is 10.1 Å². The van der Waals surface area contributed by atoms with E-state index in [1.165, 1.54) is 13.2 Å². The van der Waals surface area contributed by atoms with E-state index in [9.17, 15) is 14.7 Å². The summed E-state index contributed by atoms with van der Waals surface area (Å²) < 4.78 is 4.46. The Hall–Kier alpha value is -1.04. The summed E-state index contributed by atoms with van der Waals surface area (Å²) >= 11 is 0. The number of allylic oxidation sites excluding steroid dienone is 4. The van der Waals surface area contributed by atoms with E-state index in [1.54, 1.807) is 6.92 Å². The van der Waals surface area contributed by atoms with Gasteiger partial charge in [0, 0.05) is 11.8 Å². The second-order valence-corrected chi connectivity index (χ2v) is 3.94. The van der Waals surface area contributed by atoms with Gasteiger partial charge in [0.05, 0.1) is 19.1 Å². The molecule has 0 spiro atoms. The summed E-state index contributed by atoms with van der Waals surface area (Å²) in [7, 11) is 1.26. The maximum Gasteiger partial charge on any atom is 1.00 e. The number of ether oxygens (including phenoxy) is 1. The van der Waals surface area contributed by atoms with Gasteiger partial charge >= 0.3 is 35.5 Å². The molecule has 0 heterocycles. The predicted octanol–water partition coefficient (Wildman–Crippen LogP) is -2.95. The molecule has 0 amide bonds. The largest absolute Gasteiger partial charge is 1.00 e. The Labute approximate surface area is 134 Å². The van der Waals surface area contributed by atoms with Crippen LogP contribution in [0.15, 0.2) is 35.6 Å². The summed E-state index contributed by atoms with van der Waals surface area (Å²) in [6, 6.07) is -0.921. The minimum Gasteiger partial charge on any atom is -0.548 e. The van der Waals surface area contributed by atoms with Crippen LogP contribution in [-0.4, -0.2) is 25.1 Å². The molecule has 0 aliphatic heterocycles. The van der Waals surface area contributed by atoms with Crippen molar-refractivity contribution in [3.05, 3.63) is 35.6 Å². The second-order valence-electron chi connectivity index (χ2n) is 3.94. The zero-order valence-corrected chi connectivity index (χ0v) is 13.4. The fraction of sp³-hybridized carbons (Fsp3) is 0.385. The van der Waals surface area contributed by atoms with Crippen LogP contribution in [0.5, 0.6) is 0 Å². The Morgan fingerprint density at radius 3 is 2.63 bits per heavy atom. The summed E-state index contributed by atoms with van der Waals surface area (Å²) in [5, 5.41) is 13.9. The van der Waals surface area contributed by atoms with Crippen molar-refractivity contribution in [2.24, 2.45) is 0 Å². The van der Waals surface area contributed by atoms with Crippen molar-refractivity contribution < 1.29 is 49.0 Å². The van der Waals surface area contributed by atoms with Crippen LogP contribution < -0.4 is 40.0 Å². The second kappa shape index (κ2) is 8.96. The molecule has 0 aromatic rings. The molecule has 6 heteroatoms. The summed E-state index contributed by atoms with van der Waals surface area (Å²) in [6.07, 6.45) is 8.20. The number of carbonyl (C=O) groups is 2. The van der Waals surface area contributed by atoms with Gasteiger partial charge in [0.2, 0.25) is 0 Å². The quantitative estimate of drug-likeness (QED) is 0.251. The minimum absolute atomic E-state index is 0. The van der Waals surface area contributed by atoms with Gasteiger partial charge in [-0.2, -0.15) is 0 Å². The van der Waals surface area contributed by atoms with Gasteiger partial charge in [0.1, 0.15) is 0 Å². The molecule has 0 unspecified atom stereocenters. The van der Waals surface area contributed by atoms with E-state index >= 15 is 0 Å². The van der Waals surface area contributed by atoms with E-state index < -0.39 is 18.0 Å². The van der Waals surface area contributed by atoms with E-state index in [0.29, 0.717) is 18.5 Å². The van der Waals surface area contributed by atoms with Crippen molar-refractivity contribution in [1.82, 2.24) is 5.32 Å². The van der Waals surface area contributed by atoms with Crippen molar-refractivity contribution in [2.45, 2.75) is 25.8 Å². The molecule has 1 rings (SSSR count). The van der Waals surface area contributed by atoms with Gasteiger partial charge in [-0.25, -0.2) is 4.79 Å². The zero-order chi connectivity index (χ0) is 13.5. The molecule has 5 nitrogen and oxygen atoms in total. The third-order valence-electron chi connectivity index (χ3n) is 2.55. The number of nitrogens with one attached hydrogen (secondary N) is 1. The number of aliphatic carboxylic acids is 1. The average Bonchev–Trinajstić information content (AvgIpc) is 2.36. The molecule has 0 aromatic carbocycles. The molecule has 0 fully saturated rings. The van der Waals surface area contributed by atoms with Crippen LogP contribution in [0.3, 0.4) is 0 Å². The number of hydrogen-bond acceptors (Lipinski definition) is 5. The Morgan fingerprint density at radius 1 is 1.47 bits per heavy atom. The average molecular weight is 273 g/mol. The molecular weight excluding hydrogens is 257 g/mol. The molecule has 0 radical (unpaired) electrons. The standard InChI is InChI=1S/C13H17NO4.Na/c1-9(8-11(15)18-2)14-12(13(16)17)10-6-4-3-5-7-10;/h3-4,7-8,12,14H,5-6H2,1-2H3,(H,16,17);/q;+1/p-1/t12-;/m1./s1. The normalized spacial score (nSPS) is 15.9. The van der Waals surface area contributed by atoms with E-state index in [1.807, 2.05) is 18.2 Å². The Morgan fingerprint density at radius 2 is 2.16 bits per heavy atom. The van der Waals surface area contributed by atoms with Crippen molar-refractivity contribution in [3.8, 4) is 0 Å². The molecule has 19 heavy (non-hydrogen) atoms. The van der Waals surface area contributed by atoms with Crippen molar-refractivity contribution in [2.75, 3.05) is 7.11 Å². The first-order valence-electron chi connectivity index (χ1n) is 5.62. The molecule has 1 atom stereocenters. The number of carboxylic acids is 1.